The summed E-state index contributed by atoms with van der Waals surface area (Å²) < 4.78 is 1.26. The van der Waals surface area contributed by atoms with E-state index in [0.717, 1.165) is 12.6 Å². The molecule has 0 N–H and O–H groups in total. The first kappa shape index (κ1) is 13.1. The zero-order valence-electron chi connectivity index (χ0n) is 10.8. The Morgan fingerprint density at radius 2 is 2.06 bits per heavy atom. The quantitative estimate of drug-likeness (QED) is 0.818. The van der Waals surface area contributed by atoms with Crippen LogP contribution in [0, 0.1) is 0 Å². The van der Waals surface area contributed by atoms with Gasteiger partial charge in [-0.3, -0.25) is 9.80 Å². The lowest BCUT2D eigenvalue weighted by molar-refractivity contribution is 0.135. The largest absolute Gasteiger partial charge is 0.299 e. The van der Waals surface area contributed by atoms with Gasteiger partial charge in [-0.05, 0) is 67.0 Å². The Kier molecular flexibility index (Phi) is 4.39. The Balaban J connectivity index is 1.62. The molecule has 0 radical (unpaired) electrons. The molecule has 3 rings (SSSR count). The fourth-order valence-corrected chi connectivity index (χ4v) is 4.77. The van der Waals surface area contributed by atoms with E-state index in [1.807, 2.05) is 11.3 Å². The third-order valence-corrected chi connectivity index (χ3v) is 5.75. The summed E-state index contributed by atoms with van der Waals surface area (Å²) in [6, 6.07) is 5.26. The molecule has 1 atom stereocenters. The summed E-state index contributed by atoms with van der Waals surface area (Å²) in [5.41, 5.74) is 0. The van der Waals surface area contributed by atoms with Crippen molar-refractivity contribution in [3.8, 4) is 0 Å². The van der Waals surface area contributed by atoms with Gasteiger partial charge in [0, 0.05) is 24.0 Å². The van der Waals surface area contributed by atoms with Crippen LogP contribution in [-0.4, -0.2) is 42.0 Å². The van der Waals surface area contributed by atoms with Gasteiger partial charge in [-0.2, -0.15) is 0 Å². The van der Waals surface area contributed by atoms with Crippen LogP contribution < -0.4 is 0 Å². The first-order chi connectivity index (χ1) is 8.81. The smallest absolute Gasteiger partial charge is 0.0701 e. The van der Waals surface area contributed by atoms with E-state index >= 15 is 0 Å². The second kappa shape index (κ2) is 6.04. The first-order valence-electron chi connectivity index (χ1n) is 7.02. The second-order valence-electron chi connectivity index (χ2n) is 5.48. The van der Waals surface area contributed by atoms with Crippen molar-refractivity contribution in [3.63, 3.8) is 0 Å². The highest BCUT2D eigenvalue weighted by atomic mass is 79.9. The fourth-order valence-electron chi connectivity index (χ4n) is 3.25. The number of hydrogen-bond donors (Lipinski definition) is 0. The molecule has 1 aromatic rings. The Morgan fingerprint density at radius 1 is 1.17 bits per heavy atom. The predicted molar refractivity (Wildman–Crippen MR) is 81.1 cm³/mol. The lowest BCUT2D eigenvalue weighted by Gasteiger charge is -2.35. The molecule has 3 heterocycles. The second-order valence-corrected chi connectivity index (χ2v) is 8.03. The third-order valence-electron chi connectivity index (χ3n) is 4.15. The zero-order chi connectivity index (χ0) is 12.4. The van der Waals surface area contributed by atoms with E-state index in [1.54, 1.807) is 0 Å². The monoisotopic (exact) mass is 328 g/mol. The number of halogens is 1. The van der Waals surface area contributed by atoms with Crippen molar-refractivity contribution in [3.05, 3.63) is 20.8 Å². The molecule has 100 valence electrons. The van der Waals surface area contributed by atoms with Gasteiger partial charge in [-0.1, -0.05) is 6.42 Å². The van der Waals surface area contributed by atoms with E-state index < -0.39 is 0 Å². The average Bonchev–Trinajstić information content (AvgIpc) is 2.66. The van der Waals surface area contributed by atoms with Crippen molar-refractivity contribution in [2.75, 3.05) is 26.2 Å². The summed E-state index contributed by atoms with van der Waals surface area (Å²) in [5.74, 6) is 0. The number of thiophene rings is 1. The Hall–Kier alpha value is 0.1000. The Morgan fingerprint density at radius 3 is 2.89 bits per heavy atom. The molecule has 2 aliphatic rings. The highest BCUT2D eigenvalue weighted by Gasteiger charge is 2.26. The zero-order valence-corrected chi connectivity index (χ0v) is 13.2. The third kappa shape index (κ3) is 3.16. The topological polar surface area (TPSA) is 6.48 Å². The van der Waals surface area contributed by atoms with Crippen LogP contribution in [0.2, 0.25) is 0 Å². The molecular formula is C14H21BrN2S. The molecule has 2 saturated heterocycles. The molecule has 0 spiro atoms. The van der Waals surface area contributed by atoms with Crippen molar-refractivity contribution in [1.82, 2.24) is 9.80 Å². The van der Waals surface area contributed by atoms with Crippen LogP contribution in [-0.2, 0) is 6.54 Å². The van der Waals surface area contributed by atoms with Crippen LogP contribution >= 0.6 is 27.3 Å². The van der Waals surface area contributed by atoms with Crippen molar-refractivity contribution in [2.45, 2.75) is 38.3 Å². The maximum Gasteiger partial charge on any atom is 0.0701 e. The van der Waals surface area contributed by atoms with Crippen molar-refractivity contribution < 1.29 is 0 Å². The maximum atomic E-state index is 3.56. The Labute approximate surface area is 122 Å². The van der Waals surface area contributed by atoms with Gasteiger partial charge >= 0.3 is 0 Å². The number of rotatable bonds is 2. The van der Waals surface area contributed by atoms with Gasteiger partial charge in [0.25, 0.3) is 0 Å². The van der Waals surface area contributed by atoms with Crippen LogP contribution in [0.5, 0.6) is 0 Å². The SMILES string of the molecule is Brc1ccc(CN2CCCN3CCCCC3C2)s1. The number of piperidine rings is 1. The van der Waals surface area contributed by atoms with Crippen LogP contribution in [0.15, 0.2) is 15.9 Å². The number of hydrogen-bond acceptors (Lipinski definition) is 3. The van der Waals surface area contributed by atoms with E-state index in [-0.39, 0.29) is 0 Å². The van der Waals surface area contributed by atoms with Crippen molar-refractivity contribution in [1.29, 1.82) is 0 Å². The van der Waals surface area contributed by atoms with Gasteiger partial charge in [0.2, 0.25) is 0 Å². The Bertz CT molecular complexity index is 393. The van der Waals surface area contributed by atoms with Crippen LogP contribution in [0.1, 0.15) is 30.6 Å². The number of fused-ring (bicyclic) bond motifs is 1. The molecule has 2 nitrogen and oxygen atoms in total. The molecule has 0 amide bonds. The molecule has 0 bridgehead atoms. The molecule has 18 heavy (non-hydrogen) atoms. The van der Waals surface area contributed by atoms with E-state index in [4.69, 9.17) is 0 Å². The summed E-state index contributed by atoms with van der Waals surface area (Å²) in [4.78, 5) is 6.88. The highest BCUT2D eigenvalue weighted by Crippen LogP contribution is 2.26. The molecule has 4 heteroatoms. The molecule has 2 fully saturated rings. The van der Waals surface area contributed by atoms with E-state index in [9.17, 15) is 0 Å². The number of nitrogens with zero attached hydrogens (tertiary/aromatic N) is 2. The summed E-state index contributed by atoms with van der Waals surface area (Å²) in [7, 11) is 0. The minimum Gasteiger partial charge on any atom is -0.299 e. The molecule has 0 saturated carbocycles. The standard InChI is InChI=1S/C14H21BrN2S/c15-14-6-5-13(18-14)11-16-7-3-9-17-8-2-1-4-12(17)10-16/h5-6,12H,1-4,7-11H2. The lowest BCUT2D eigenvalue weighted by atomic mass is 10.0. The molecule has 1 aromatic heterocycles. The predicted octanol–water partition coefficient (Wildman–Crippen LogP) is 3.57. The van der Waals surface area contributed by atoms with Crippen LogP contribution in [0.3, 0.4) is 0 Å². The van der Waals surface area contributed by atoms with E-state index in [2.05, 4.69) is 37.9 Å². The molecule has 1 unspecified atom stereocenters. The fraction of sp³-hybridized carbons (Fsp3) is 0.714. The van der Waals surface area contributed by atoms with E-state index in [0.29, 0.717) is 0 Å². The van der Waals surface area contributed by atoms with Gasteiger partial charge < -0.3 is 0 Å². The minimum atomic E-state index is 0.824. The summed E-state index contributed by atoms with van der Waals surface area (Å²) in [6.07, 6.45) is 5.58. The lowest BCUT2D eigenvalue weighted by Crippen LogP contribution is -2.43. The normalized spacial score (nSPS) is 26.8. The molecule has 0 aliphatic carbocycles. The van der Waals surface area contributed by atoms with Crippen LogP contribution in [0.25, 0.3) is 0 Å². The maximum absolute atomic E-state index is 3.56. The van der Waals surface area contributed by atoms with Gasteiger partial charge in [0.05, 0.1) is 3.79 Å². The average molecular weight is 329 g/mol. The van der Waals surface area contributed by atoms with Gasteiger partial charge in [-0.25, -0.2) is 0 Å². The van der Waals surface area contributed by atoms with Crippen molar-refractivity contribution in [2.24, 2.45) is 0 Å². The minimum absolute atomic E-state index is 0.824. The van der Waals surface area contributed by atoms with Gasteiger partial charge in [0.15, 0.2) is 0 Å². The van der Waals surface area contributed by atoms with E-state index in [1.165, 1.54) is 60.5 Å². The molecular weight excluding hydrogens is 308 g/mol. The highest BCUT2D eigenvalue weighted by molar-refractivity contribution is 9.11. The first-order valence-corrected chi connectivity index (χ1v) is 8.63. The summed E-state index contributed by atoms with van der Waals surface area (Å²) in [6.45, 7) is 6.33. The molecule has 2 aliphatic heterocycles. The van der Waals surface area contributed by atoms with Crippen molar-refractivity contribution >= 4 is 27.3 Å². The molecule has 0 aromatic carbocycles. The summed E-state index contributed by atoms with van der Waals surface area (Å²) in [5, 5.41) is 0. The van der Waals surface area contributed by atoms with Crippen LogP contribution in [0.4, 0.5) is 0 Å². The van der Waals surface area contributed by atoms with Gasteiger partial charge in [0.1, 0.15) is 0 Å². The summed E-state index contributed by atoms with van der Waals surface area (Å²) >= 11 is 5.44. The van der Waals surface area contributed by atoms with Gasteiger partial charge in [-0.15, -0.1) is 11.3 Å².